The van der Waals surface area contributed by atoms with Crippen LogP contribution in [0.5, 0.6) is 0 Å². The SMILES string of the molecule is NC1CCCN(CCC2=CCCC2)C1=O. The summed E-state index contributed by atoms with van der Waals surface area (Å²) in [5, 5.41) is 0. The van der Waals surface area contributed by atoms with Gasteiger partial charge in [-0.25, -0.2) is 0 Å². The number of likely N-dealkylation sites (tertiary alicyclic amines) is 1. The Morgan fingerprint density at radius 2 is 2.33 bits per heavy atom. The maximum absolute atomic E-state index is 11.7. The maximum Gasteiger partial charge on any atom is 0.239 e. The lowest BCUT2D eigenvalue weighted by atomic mass is 10.0. The van der Waals surface area contributed by atoms with Crippen LogP contribution < -0.4 is 5.73 Å². The third kappa shape index (κ3) is 2.59. The Bertz CT molecular complexity index is 273. The first-order valence-electron chi connectivity index (χ1n) is 5.99. The van der Waals surface area contributed by atoms with Gasteiger partial charge in [0.1, 0.15) is 0 Å². The number of amides is 1. The molecule has 1 atom stereocenters. The van der Waals surface area contributed by atoms with E-state index in [2.05, 4.69) is 6.08 Å². The van der Waals surface area contributed by atoms with Gasteiger partial charge in [0.05, 0.1) is 6.04 Å². The summed E-state index contributed by atoms with van der Waals surface area (Å²) in [6.07, 6.45) is 9.05. The van der Waals surface area contributed by atoms with Crippen LogP contribution in [0.1, 0.15) is 38.5 Å². The predicted molar refractivity (Wildman–Crippen MR) is 60.3 cm³/mol. The minimum absolute atomic E-state index is 0.153. The number of carbonyl (C=O) groups excluding carboxylic acids is 1. The zero-order chi connectivity index (χ0) is 10.7. The van der Waals surface area contributed by atoms with Gasteiger partial charge in [-0.15, -0.1) is 0 Å². The van der Waals surface area contributed by atoms with Crippen LogP contribution in [-0.4, -0.2) is 29.9 Å². The Kier molecular flexibility index (Phi) is 3.41. The Morgan fingerprint density at radius 3 is 3.07 bits per heavy atom. The number of piperidine rings is 1. The molecule has 0 bridgehead atoms. The molecule has 1 amide bonds. The van der Waals surface area contributed by atoms with Crippen molar-refractivity contribution in [1.29, 1.82) is 0 Å². The fourth-order valence-electron chi connectivity index (χ4n) is 2.44. The first kappa shape index (κ1) is 10.7. The summed E-state index contributed by atoms with van der Waals surface area (Å²) in [6, 6.07) is -0.240. The Balaban J connectivity index is 1.80. The lowest BCUT2D eigenvalue weighted by Gasteiger charge is -2.30. The van der Waals surface area contributed by atoms with Crippen molar-refractivity contribution in [2.45, 2.75) is 44.6 Å². The van der Waals surface area contributed by atoms with Gasteiger partial charge in [0.2, 0.25) is 5.91 Å². The van der Waals surface area contributed by atoms with E-state index in [1.807, 2.05) is 4.90 Å². The molecule has 1 aliphatic heterocycles. The summed E-state index contributed by atoms with van der Waals surface area (Å²) in [6.45, 7) is 1.78. The minimum atomic E-state index is -0.240. The Labute approximate surface area is 91.3 Å². The number of hydrogen-bond acceptors (Lipinski definition) is 2. The monoisotopic (exact) mass is 208 g/mol. The van der Waals surface area contributed by atoms with E-state index in [-0.39, 0.29) is 11.9 Å². The molecule has 2 N–H and O–H groups in total. The van der Waals surface area contributed by atoms with E-state index in [0.29, 0.717) is 0 Å². The zero-order valence-corrected chi connectivity index (χ0v) is 9.24. The molecule has 0 radical (unpaired) electrons. The lowest BCUT2D eigenvalue weighted by Crippen LogP contribution is -2.48. The average Bonchev–Trinajstić information content (AvgIpc) is 2.73. The fourth-order valence-corrected chi connectivity index (χ4v) is 2.44. The number of allylic oxidation sites excluding steroid dienone is 1. The molecule has 0 spiro atoms. The third-order valence-electron chi connectivity index (χ3n) is 3.41. The van der Waals surface area contributed by atoms with Crippen molar-refractivity contribution in [1.82, 2.24) is 4.90 Å². The molecular formula is C12H20N2O. The molecule has 1 saturated heterocycles. The summed E-state index contributed by atoms with van der Waals surface area (Å²) in [5.74, 6) is 0.153. The van der Waals surface area contributed by atoms with Gasteiger partial charge in [-0.1, -0.05) is 11.6 Å². The van der Waals surface area contributed by atoms with E-state index in [1.165, 1.54) is 24.8 Å². The number of hydrogen-bond donors (Lipinski definition) is 1. The minimum Gasteiger partial charge on any atom is -0.341 e. The average molecular weight is 208 g/mol. The van der Waals surface area contributed by atoms with Crippen LogP contribution in [0, 0.1) is 0 Å². The van der Waals surface area contributed by atoms with Crippen LogP contribution in [0.15, 0.2) is 11.6 Å². The van der Waals surface area contributed by atoms with Gasteiger partial charge in [0, 0.05) is 13.1 Å². The maximum atomic E-state index is 11.7. The van der Waals surface area contributed by atoms with Crippen LogP contribution in [0.4, 0.5) is 0 Å². The highest BCUT2D eigenvalue weighted by Gasteiger charge is 2.25. The third-order valence-corrected chi connectivity index (χ3v) is 3.41. The quantitative estimate of drug-likeness (QED) is 0.713. The molecule has 2 aliphatic rings. The molecule has 3 heteroatoms. The second-order valence-electron chi connectivity index (χ2n) is 4.58. The van der Waals surface area contributed by atoms with Gasteiger partial charge in [0.15, 0.2) is 0 Å². The van der Waals surface area contributed by atoms with E-state index in [1.54, 1.807) is 0 Å². The van der Waals surface area contributed by atoms with E-state index in [4.69, 9.17) is 5.73 Å². The van der Waals surface area contributed by atoms with Crippen molar-refractivity contribution in [2.24, 2.45) is 5.73 Å². The topological polar surface area (TPSA) is 46.3 Å². The van der Waals surface area contributed by atoms with Crippen molar-refractivity contribution in [3.63, 3.8) is 0 Å². The second kappa shape index (κ2) is 4.79. The second-order valence-corrected chi connectivity index (χ2v) is 4.58. The van der Waals surface area contributed by atoms with Gasteiger partial charge in [0.25, 0.3) is 0 Å². The molecule has 1 fully saturated rings. The van der Waals surface area contributed by atoms with E-state index >= 15 is 0 Å². The normalized spacial score (nSPS) is 27.0. The van der Waals surface area contributed by atoms with Crippen LogP contribution in [0.2, 0.25) is 0 Å². The smallest absolute Gasteiger partial charge is 0.239 e. The molecule has 1 aliphatic carbocycles. The first-order valence-corrected chi connectivity index (χ1v) is 5.99. The summed E-state index contributed by atoms with van der Waals surface area (Å²) in [5.41, 5.74) is 7.28. The molecule has 1 heterocycles. The molecule has 0 saturated carbocycles. The molecule has 3 nitrogen and oxygen atoms in total. The predicted octanol–water partition coefficient (Wildman–Crippen LogP) is 1.44. The number of carbonyl (C=O) groups is 1. The standard InChI is InChI=1S/C12H20N2O/c13-11-6-3-8-14(12(11)15)9-7-10-4-1-2-5-10/h4,11H,1-3,5-9,13H2. The van der Waals surface area contributed by atoms with E-state index < -0.39 is 0 Å². The summed E-state index contributed by atoms with van der Waals surface area (Å²) in [4.78, 5) is 13.6. The van der Waals surface area contributed by atoms with Gasteiger partial charge in [-0.2, -0.15) is 0 Å². The van der Waals surface area contributed by atoms with Crippen molar-refractivity contribution in [3.8, 4) is 0 Å². The van der Waals surface area contributed by atoms with Crippen molar-refractivity contribution in [2.75, 3.05) is 13.1 Å². The molecular weight excluding hydrogens is 188 g/mol. The number of rotatable bonds is 3. The molecule has 15 heavy (non-hydrogen) atoms. The fraction of sp³-hybridized carbons (Fsp3) is 0.750. The van der Waals surface area contributed by atoms with E-state index in [0.717, 1.165) is 32.4 Å². The van der Waals surface area contributed by atoms with Gasteiger partial charge in [-0.3, -0.25) is 4.79 Å². The van der Waals surface area contributed by atoms with Crippen molar-refractivity contribution in [3.05, 3.63) is 11.6 Å². The first-order chi connectivity index (χ1) is 7.27. The largest absolute Gasteiger partial charge is 0.341 e. The van der Waals surface area contributed by atoms with Gasteiger partial charge < -0.3 is 10.6 Å². The molecule has 0 aromatic heterocycles. The van der Waals surface area contributed by atoms with Gasteiger partial charge >= 0.3 is 0 Å². The molecule has 0 aromatic carbocycles. The van der Waals surface area contributed by atoms with E-state index in [9.17, 15) is 4.79 Å². The summed E-state index contributed by atoms with van der Waals surface area (Å²) in [7, 11) is 0. The number of nitrogens with two attached hydrogens (primary N) is 1. The van der Waals surface area contributed by atoms with Crippen LogP contribution in [0.25, 0.3) is 0 Å². The van der Waals surface area contributed by atoms with Crippen molar-refractivity contribution < 1.29 is 4.79 Å². The summed E-state index contributed by atoms with van der Waals surface area (Å²) >= 11 is 0. The lowest BCUT2D eigenvalue weighted by molar-refractivity contribution is -0.134. The highest BCUT2D eigenvalue weighted by atomic mass is 16.2. The molecule has 2 rings (SSSR count). The van der Waals surface area contributed by atoms with Crippen LogP contribution in [-0.2, 0) is 4.79 Å². The van der Waals surface area contributed by atoms with Crippen LogP contribution in [0.3, 0.4) is 0 Å². The Morgan fingerprint density at radius 1 is 1.47 bits per heavy atom. The zero-order valence-electron chi connectivity index (χ0n) is 9.24. The highest BCUT2D eigenvalue weighted by Crippen LogP contribution is 2.21. The van der Waals surface area contributed by atoms with Crippen molar-refractivity contribution >= 4 is 5.91 Å². The summed E-state index contributed by atoms with van der Waals surface area (Å²) < 4.78 is 0. The Hall–Kier alpha value is -0.830. The van der Waals surface area contributed by atoms with Crippen LogP contribution >= 0.6 is 0 Å². The molecule has 0 aromatic rings. The molecule has 1 unspecified atom stereocenters. The highest BCUT2D eigenvalue weighted by molar-refractivity contribution is 5.82. The number of nitrogens with zero attached hydrogens (tertiary/aromatic N) is 1. The van der Waals surface area contributed by atoms with Gasteiger partial charge in [-0.05, 0) is 38.5 Å². The molecule has 84 valence electrons.